The maximum absolute atomic E-state index is 12.4. The summed E-state index contributed by atoms with van der Waals surface area (Å²) in [6.45, 7) is 0.238. The number of alkyl halides is 6. The smallest absolute Gasteiger partial charge is 0.409 e. The van der Waals surface area contributed by atoms with Gasteiger partial charge < -0.3 is 9.64 Å². The molecule has 0 atom stereocenters. The van der Waals surface area contributed by atoms with Crippen LogP contribution in [0.2, 0.25) is 0 Å². The SMILES string of the molecule is CCN(CCC(=O)OC)C(=O)C(C(F)(F)F)C(F)(F)F. The van der Waals surface area contributed by atoms with Gasteiger partial charge in [-0.2, -0.15) is 26.3 Å². The van der Waals surface area contributed by atoms with Crippen molar-refractivity contribution in [1.29, 1.82) is 0 Å². The number of ether oxygens (including phenoxy) is 1. The number of nitrogens with zero attached hydrogens (tertiary/aromatic N) is 1. The molecule has 10 heteroatoms. The van der Waals surface area contributed by atoms with E-state index in [9.17, 15) is 35.9 Å². The third-order valence-electron chi connectivity index (χ3n) is 2.41. The lowest BCUT2D eigenvalue weighted by atomic mass is 10.1. The Morgan fingerprint density at radius 3 is 1.85 bits per heavy atom. The Kier molecular flexibility index (Phi) is 6.30. The van der Waals surface area contributed by atoms with E-state index >= 15 is 0 Å². The van der Waals surface area contributed by atoms with E-state index in [2.05, 4.69) is 4.74 Å². The number of esters is 1. The predicted octanol–water partition coefficient (Wildman–Crippen LogP) is 2.14. The quantitative estimate of drug-likeness (QED) is 0.577. The van der Waals surface area contributed by atoms with Gasteiger partial charge in [0.1, 0.15) is 0 Å². The Morgan fingerprint density at radius 1 is 1.10 bits per heavy atom. The topological polar surface area (TPSA) is 46.6 Å². The molecule has 0 aromatic rings. The third-order valence-corrected chi connectivity index (χ3v) is 2.41. The second-order valence-electron chi connectivity index (χ2n) is 3.76. The molecule has 4 nitrogen and oxygen atoms in total. The molecule has 0 heterocycles. The van der Waals surface area contributed by atoms with E-state index in [1.165, 1.54) is 6.92 Å². The highest BCUT2D eigenvalue weighted by Crippen LogP contribution is 2.40. The van der Waals surface area contributed by atoms with Crippen LogP contribution in [0, 0.1) is 5.92 Å². The summed E-state index contributed by atoms with van der Waals surface area (Å²) in [5.74, 6) is -7.06. The Morgan fingerprint density at radius 2 is 1.55 bits per heavy atom. The van der Waals surface area contributed by atoms with E-state index in [-0.39, 0.29) is 0 Å². The van der Waals surface area contributed by atoms with E-state index in [1.54, 1.807) is 0 Å². The second-order valence-corrected chi connectivity index (χ2v) is 3.76. The minimum absolute atomic E-state index is 0.322. The Hall–Kier alpha value is -1.48. The first-order valence-electron chi connectivity index (χ1n) is 5.44. The van der Waals surface area contributed by atoms with E-state index in [0.29, 0.717) is 4.90 Å². The highest BCUT2D eigenvalue weighted by atomic mass is 19.4. The normalized spacial score (nSPS) is 12.4. The number of amides is 1. The molecular formula is C10H13F6NO3. The van der Waals surface area contributed by atoms with Gasteiger partial charge in [-0.15, -0.1) is 0 Å². The van der Waals surface area contributed by atoms with Crippen molar-refractivity contribution in [2.45, 2.75) is 25.7 Å². The highest BCUT2D eigenvalue weighted by Gasteiger charge is 2.61. The average molecular weight is 309 g/mol. The maximum atomic E-state index is 12.4. The van der Waals surface area contributed by atoms with Crippen LogP contribution in [0.4, 0.5) is 26.3 Å². The standard InChI is InChI=1S/C10H13F6NO3/c1-3-17(5-4-6(18)20-2)8(19)7(9(11,12)13)10(14,15)16/h7H,3-5H2,1-2H3. The van der Waals surface area contributed by atoms with Crippen molar-refractivity contribution >= 4 is 11.9 Å². The van der Waals surface area contributed by atoms with Gasteiger partial charge in [-0.1, -0.05) is 0 Å². The lowest BCUT2D eigenvalue weighted by Crippen LogP contribution is -2.50. The molecule has 0 aliphatic heterocycles. The van der Waals surface area contributed by atoms with Crippen LogP contribution >= 0.6 is 0 Å². The molecule has 0 radical (unpaired) electrons. The van der Waals surface area contributed by atoms with Crippen molar-refractivity contribution in [3.8, 4) is 0 Å². The van der Waals surface area contributed by atoms with Crippen LogP contribution in [0.15, 0.2) is 0 Å². The molecule has 0 aliphatic carbocycles. The third kappa shape index (κ3) is 5.25. The molecule has 0 spiro atoms. The Labute approximate surface area is 110 Å². The van der Waals surface area contributed by atoms with Gasteiger partial charge in [0.2, 0.25) is 11.8 Å². The molecule has 118 valence electrons. The number of carbonyl (C=O) groups excluding carboxylic acids is 2. The molecule has 0 rings (SSSR count). The van der Waals surface area contributed by atoms with Crippen molar-refractivity contribution < 1.29 is 40.7 Å². The van der Waals surface area contributed by atoms with Crippen LogP contribution in [0.5, 0.6) is 0 Å². The van der Waals surface area contributed by atoms with Gasteiger partial charge in [0.05, 0.1) is 13.5 Å². The fourth-order valence-corrected chi connectivity index (χ4v) is 1.40. The first-order valence-corrected chi connectivity index (χ1v) is 5.44. The van der Waals surface area contributed by atoms with Gasteiger partial charge in [-0.05, 0) is 6.92 Å². The molecule has 0 bridgehead atoms. The molecule has 1 amide bonds. The van der Waals surface area contributed by atoms with E-state index < -0.39 is 49.7 Å². The fourth-order valence-electron chi connectivity index (χ4n) is 1.40. The number of hydrogen-bond donors (Lipinski definition) is 0. The molecular weight excluding hydrogens is 296 g/mol. The predicted molar refractivity (Wildman–Crippen MR) is 54.5 cm³/mol. The molecule has 0 fully saturated rings. The van der Waals surface area contributed by atoms with Crippen LogP contribution in [-0.4, -0.2) is 49.3 Å². The lowest BCUT2D eigenvalue weighted by molar-refractivity contribution is -0.277. The zero-order valence-corrected chi connectivity index (χ0v) is 10.6. The minimum atomic E-state index is -5.74. The van der Waals surface area contributed by atoms with E-state index in [0.717, 1.165) is 7.11 Å². The zero-order valence-electron chi connectivity index (χ0n) is 10.6. The van der Waals surface area contributed by atoms with Crippen LogP contribution < -0.4 is 0 Å². The Balaban J connectivity index is 5.07. The van der Waals surface area contributed by atoms with Gasteiger partial charge in [0.25, 0.3) is 0 Å². The summed E-state index contributed by atoms with van der Waals surface area (Å²) in [5.41, 5.74) is 0. The molecule has 0 aromatic carbocycles. The van der Waals surface area contributed by atoms with Crippen molar-refractivity contribution in [3.05, 3.63) is 0 Å². The number of carbonyl (C=O) groups is 2. The Bertz CT molecular complexity index is 338. The molecule has 0 unspecified atom stereocenters. The average Bonchev–Trinajstić information content (AvgIpc) is 2.25. The molecule has 0 saturated carbocycles. The fraction of sp³-hybridized carbons (Fsp3) is 0.800. The van der Waals surface area contributed by atoms with Gasteiger partial charge >= 0.3 is 18.3 Å². The molecule has 0 aromatic heterocycles. The van der Waals surface area contributed by atoms with Crippen LogP contribution in [-0.2, 0) is 14.3 Å². The monoisotopic (exact) mass is 309 g/mol. The first-order chi connectivity index (χ1) is 8.95. The van der Waals surface area contributed by atoms with Gasteiger partial charge in [-0.25, -0.2) is 0 Å². The maximum Gasteiger partial charge on any atom is 0.409 e. The van der Waals surface area contributed by atoms with Gasteiger partial charge in [0.15, 0.2) is 0 Å². The summed E-state index contributed by atoms with van der Waals surface area (Å²) in [6, 6.07) is 0. The van der Waals surface area contributed by atoms with Crippen LogP contribution in [0.1, 0.15) is 13.3 Å². The summed E-state index contributed by atoms with van der Waals surface area (Å²) in [6.07, 6.45) is -12.0. The molecule has 20 heavy (non-hydrogen) atoms. The van der Waals surface area contributed by atoms with Crippen molar-refractivity contribution in [2.75, 3.05) is 20.2 Å². The zero-order chi connectivity index (χ0) is 16.1. The lowest BCUT2D eigenvalue weighted by Gasteiger charge is -2.28. The largest absolute Gasteiger partial charge is 0.469 e. The van der Waals surface area contributed by atoms with E-state index in [4.69, 9.17) is 0 Å². The van der Waals surface area contributed by atoms with E-state index in [1.807, 2.05) is 0 Å². The summed E-state index contributed by atoms with van der Waals surface area (Å²) < 4.78 is 78.4. The number of methoxy groups -OCH3 is 1. The van der Waals surface area contributed by atoms with Crippen LogP contribution in [0.25, 0.3) is 0 Å². The number of hydrogen-bond acceptors (Lipinski definition) is 3. The highest BCUT2D eigenvalue weighted by molar-refractivity contribution is 5.81. The van der Waals surface area contributed by atoms with Crippen molar-refractivity contribution in [1.82, 2.24) is 4.90 Å². The summed E-state index contributed by atoms with van der Waals surface area (Å²) in [4.78, 5) is 22.5. The molecule has 0 aliphatic rings. The van der Waals surface area contributed by atoms with Crippen molar-refractivity contribution in [2.24, 2.45) is 5.92 Å². The van der Waals surface area contributed by atoms with Crippen LogP contribution in [0.3, 0.4) is 0 Å². The minimum Gasteiger partial charge on any atom is -0.469 e. The van der Waals surface area contributed by atoms with Gasteiger partial charge in [0, 0.05) is 13.1 Å². The van der Waals surface area contributed by atoms with Gasteiger partial charge in [-0.3, -0.25) is 9.59 Å². The summed E-state index contributed by atoms with van der Waals surface area (Å²) >= 11 is 0. The number of halogens is 6. The molecule has 0 N–H and O–H groups in total. The first kappa shape index (κ1) is 18.5. The summed E-state index contributed by atoms with van der Waals surface area (Å²) in [7, 11) is 1.01. The number of rotatable bonds is 5. The van der Waals surface area contributed by atoms with Crippen molar-refractivity contribution in [3.63, 3.8) is 0 Å². The molecule has 0 saturated heterocycles. The summed E-state index contributed by atoms with van der Waals surface area (Å²) in [5, 5.41) is 0. The second kappa shape index (κ2) is 6.80.